The van der Waals surface area contributed by atoms with Gasteiger partial charge in [0.2, 0.25) is 0 Å². The Morgan fingerprint density at radius 3 is 2.85 bits per heavy atom. The Balaban J connectivity index is 1.17. The highest BCUT2D eigenvalue weighted by Crippen LogP contribution is 2.40. The van der Waals surface area contributed by atoms with E-state index in [2.05, 4.69) is 9.88 Å². The predicted molar refractivity (Wildman–Crippen MR) is 100 cm³/mol. The van der Waals surface area contributed by atoms with Crippen molar-refractivity contribution in [3.8, 4) is 0 Å². The standard InChI is InChI=1S/C21H32N2O3/c1-17-3-2-4-19(22-17)14-25-9-5-18-6-12-26-21(13-18)15-23(16-21)20-7-10-24-11-8-20/h2-4,18,20H,5-16H2,1H3. The van der Waals surface area contributed by atoms with Gasteiger partial charge in [-0.05, 0) is 57.1 Å². The van der Waals surface area contributed by atoms with Gasteiger partial charge < -0.3 is 14.2 Å². The number of nitrogens with zero attached hydrogens (tertiary/aromatic N) is 2. The van der Waals surface area contributed by atoms with Crippen LogP contribution in [0.4, 0.5) is 0 Å². The maximum Gasteiger partial charge on any atom is 0.0937 e. The molecule has 4 heterocycles. The zero-order chi connectivity index (χ0) is 17.8. The number of pyridine rings is 1. The van der Waals surface area contributed by atoms with Crippen LogP contribution < -0.4 is 0 Å². The minimum absolute atomic E-state index is 0.124. The molecule has 4 rings (SSSR count). The first-order valence-corrected chi connectivity index (χ1v) is 10.2. The van der Waals surface area contributed by atoms with Gasteiger partial charge in [0.05, 0.1) is 17.9 Å². The number of aryl methyl sites for hydroxylation is 1. The minimum Gasteiger partial charge on any atom is -0.381 e. The monoisotopic (exact) mass is 360 g/mol. The maximum atomic E-state index is 6.22. The van der Waals surface area contributed by atoms with Gasteiger partial charge in [-0.15, -0.1) is 0 Å². The van der Waals surface area contributed by atoms with Crippen LogP contribution >= 0.6 is 0 Å². The number of hydrogen-bond acceptors (Lipinski definition) is 5. The Labute approximate surface area is 157 Å². The molecular weight excluding hydrogens is 328 g/mol. The van der Waals surface area contributed by atoms with Gasteiger partial charge in [-0.2, -0.15) is 0 Å². The van der Waals surface area contributed by atoms with Gasteiger partial charge in [-0.3, -0.25) is 9.88 Å². The summed E-state index contributed by atoms with van der Waals surface area (Å²) in [5.41, 5.74) is 2.20. The van der Waals surface area contributed by atoms with Crippen molar-refractivity contribution in [2.75, 3.05) is 39.5 Å². The Bertz CT molecular complexity index is 582. The summed E-state index contributed by atoms with van der Waals surface area (Å²) in [5.74, 6) is 0.728. The highest BCUT2D eigenvalue weighted by atomic mass is 16.5. The molecule has 0 aromatic carbocycles. The number of likely N-dealkylation sites (tertiary alicyclic amines) is 1. The van der Waals surface area contributed by atoms with E-state index in [0.717, 1.165) is 63.2 Å². The lowest BCUT2D eigenvalue weighted by Crippen LogP contribution is -2.68. The fraction of sp³-hybridized carbons (Fsp3) is 0.762. The zero-order valence-electron chi connectivity index (χ0n) is 16.0. The fourth-order valence-electron chi connectivity index (χ4n) is 4.71. The van der Waals surface area contributed by atoms with Crippen molar-refractivity contribution in [3.63, 3.8) is 0 Å². The first-order valence-electron chi connectivity index (χ1n) is 10.2. The number of hydrogen-bond donors (Lipinski definition) is 0. The zero-order valence-corrected chi connectivity index (χ0v) is 16.0. The Hall–Kier alpha value is -1.01. The summed E-state index contributed by atoms with van der Waals surface area (Å²) in [6.45, 7) is 8.44. The molecule has 0 N–H and O–H groups in total. The molecule has 0 bridgehead atoms. The van der Waals surface area contributed by atoms with Crippen LogP contribution in [-0.2, 0) is 20.8 Å². The summed E-state index contributed by atoms with van der Waals surface area (Å²) in [6, 6.07) is 6.82. The van der Waals surface area contributed by atoms with Gasteiger partial charge in [0, 0.05) is 51.3 Å². The molecule has 3 aliphatic rings. The molecule has 3 fully saturated rings. The van der Waals surface area contributed by atoms with E-state index in [0.29, 0.717) is 12.6 Å². The molecule has 3 saturated heterocycles. The summed E-state index contributed by atoms with van der Waals surface area (Å²) in [5, 5.41) is 0. The van der Waals surface area contributed by atoms with Crippen LogP contribution in [0.3, 0.4) is 0 Å². The second-order valence-corrected chi connectivity index (χ2v) is 8.25. The first kappa shape index (κ1) is 18.4. The molecule has 144 valence electrons. The van der Waals surface area contributed by atoms with E-state index in [1.165, 1.54) is 25.7 Å². The molecule has 3 aliphatic heterocycles. The lowest BCUT2D eigenvalue weighted by atomic mass is 9.78. The SMILES string of the molecule is Cc1cccc(COCCC2CCOC3(C2)CN(C2CCOCC2)C3)n1. The van der Waals surface area contributed by atoms with Crippen molar-refractivity contribution in [1.82, 2.24) is 9.88 Å². The van der Waals surface area contributed by atoms with Crippen LogP contribution in [-0.4, -0.2) is 61.0 Å². The van der Waals surface area contributed by atoms with Crippen LogP contribution in [0.2, 0.25) is 0 Å². The van der Waals surface area contributed by atoms with Crippen molar-refractivity contribution in [2.45, 2.75) is 57.3 Å². The summed E-state index contributed by atoms with van der Waals surface area (Å²) >= 11 is 0. The lowest BCUT2D eigenvalue weighted by molar-refractivity contribution is -0.195. The van der Waals surface area contributed by atoms with E-state index in [-0.39, 0.29) is 5.60 Å². The molecule has 1 spiro atoms. The molecule has 0 radical (unpaired) electrons. The fourth-order valence-corrected chi connectivity index (χ4v) is 4.71. The van der Waals surface area contributed by atoms with Crippen molar-refractivity contribution in [3.05, 3.63) is 29.6 Å². The highest BCUT2D eigenvalue weighted by molar-refractivity contribution is 5.09. The van der Waals surface area contributed by atoms with Gasteiger partial charge in [-0.25, -0.2) is 0 Å². The van der Waals surface area contributed by atoms with Crippen molar-refractivity contribution >= 4 is 0 Å². The van der Waals surface area contributed by atoms with E-state index in [9.17, 15) is 0 Å². The third kappa shape index (κ3) is 4.45. The van der Waals surface area contributed by atoms with Crippen LogP contribution in [0.15, 0.2) is 18.2 Å². The molecule has 0 aliphatic carbocycles. The normalized spacial score (nSPS) is 26.7. The van der Waals surface area contributed by atoms with Crippen LogP contribution in [0, 0.1) is 12.8 Å². The molecule has 5 nitrogen and oxygen atoms in total. The molecule has 0 saturated carbocycles. The predicted octanol–water partition coefficient (Wildman–Crippen LogP) is 2.96. The molecule has 1 aromatic rings. The second-order valence-electron chi connectivity index (χ2n) is 8.25. The molecule has 0 amide bonds. The van der Waals surface area contributed by atoms with Gasteiger partial charge in [0.1, 0.15) is 0 Å². The van der Waals surface area contributed by atoms with E-state index in [1.54, 1.807) is 0 Å². The molecule has 1 atom stereocenters. The number of rotatable bonds is 6. The van der Waals surface area contributed by atoms with Gasteiger partial charge >= 0.3 is 0 Å². The summed E-state index contributed by atoms with van der Waals surface area (Å²) in [6.07, 6.45) is 5.86. The van der Waals surface area contributed by atoms with E-state index in [4.69, 9.17) is 14.2 Å². The van der Waals surface area contributed by atoms with Crippen molar-refractivity contribution in [2.24, 2.45) is 5.92 Å². The maximum absolute atomic E-state index is 6.22. The number of ether oxygens (including phenoxy) is 3. The van der Waals surface area contributed by atoms with E-state index < -0.39 is 0 Å². The van der Waals surface area contributed by atoms with Gasteiger partial charge in [0.15, 0.2) is 0 Å². The molecule has 26 heavy (non-hydrogen) atoms. The third-order valence-corrected chi connectivity index (χ3v) is 6.15. The Morgan fingerprint density at radius 2 is 2.04 bits per heavy atom. The number of aromatic nitrogens is 1. The van der Waals surface area contributed by atoms with Gasteiger partial charge in [0.25, 0.3) is 0 Å². The molecular formula is C21H32N2O3. The highest BCUT2D eigenvalue weighted by Gasteiger charge is 2.49. The summed E-state index contributed by atoms with van der Waals surface area (Å²) < 4.78 is 17.6. The molecule has 5 heteroatoms. The third-order valence-electron chi connectivity index (χ3n) is 6.15. The smallest absolute Gasteiger partial charge is 0.0937 e. The van der Waals surface area contributed by atoms with Crippen molar-refractivity contribution < 1.29 is 14.2 Å². The molecule has 1 aromatic heterocycles. The average molecular weight is 360 g/mol. The van der Waals surface area contributed by atoms with E-state index in [1.807, 2.05) is 25.1 Å². The van der Waals surface area contributed by atoms with Crippen molar-refractivity contribution in [1.29, 1.82) is 0 Å². The first-order chi connectivity index (χ1) is 12.7. The van der Waals surface area contributed by atoms with Crippen LogP contribution in [0.25, 0.3) is 0 Å². The van der Waals surface area contributed by atoms with Crippen LogP contribution in [0.1, 0.15) is 43.5 Å². The van der Waals surface area contributed by atoms with Crippen LogP contribution in [0.5, 0.6) is 0 Å². The largest absolute Gasteiger partial charge is 0.381 e. The quantitative estimate of drug-likeness (QED) is 0.730. The van der Waals surface area contributed by atoms with Gasteiger partial charge in [-0.1, -0.05) is 6.07 Å². The van der Waals surface area contributed by atoms with E-state index >= 15 is 0 Å². The second kappa shape index (κ2) is 8.34. The minimum atomic E-state index is 0.124. The summed E-state index contributed by atoms with van der Waals surface area (Å²) in [7, 11) is 0. The average Bonchev–Trinajstić information content (AvgIpc) is 2.64. The Kier molecular flexibility index (Phi) is 5.89. The topological polar surface area (TPSA) is 43.8 Å². The Morgan fingerprint density at radius 1 is 1.19 bits per heavy atom. The summed E-state index contributed by atoms with van der Waals surface area (Å²) in [4.78, 5) is 7.11. The lowest BCUT2D eigenvalue weighted by Gasteiger charge is -2.56. The molecule has 1 unspecified atom stereocenters.